The highest BCUT2D eigenvalue weighted by Gasteiger charge is 2.22. The van der Waals surface area contributed by atoms with Crippen LogP contribution in [-0.2, 0) is 0 Å². The van der Waals surface area contributed by atoms with Crippen LogP contribution in [0.3, 0.4) is 0 Å². The smallest absolute Gasteiger partial charge is 0.0664 e. The van der Waals surface area contributed by atoms with E-state index in [2.05, 4.69) is 104 Å². The maximum absolute atomic E-state index is 4.80. The maximum Gasteiger partial charge on any atom is 0.0664 e. The Morgan fingerprint density at radius 1 is 0.731 bits per heavy atom. The molecule has 1 aliphatic rings. The van der Waals surface area contributed by atoms with Crippen LogP contribution in [0, 0.1) is 5.92 Å². The Labute approximate surface area is 155 Å². The molecule has 2 atom stereocenters. The lowest BCUT2D eigenvalue weighted by Crippen LogP contribution is -2.15. The van der Waals surface area contributed by atoms with Crippen molar-refractivity contribution in [2.24, 2.45) is 10.9 Å². The Bertz CT molecular complexity index is 923. The van der Waals surface area contributed by atoms with E-state index in [0.717, 1.165) is 12.1 Å². The normalized spacial score (nSPS) is 19.2. The summed E-state index contributed by atoms with van der Waals surface area (Å²) in [7, 11) is 0. The molecular weight excluding hydrogens is 314 g/mol. The van der Waals surface area contributed by atoms with Gasteiger partial charge in [0.25, 0.3) is 0 Å². The van der Waals surface area contributed by atoms with Gasteiger partial charge in [-0.1, -0.05) is 85.8 Å². The Balaban J connectivity index is 1.71. The number of allylic oxidation sites excluding steroid dienone is 1. The molecule has 0 spiro atoms. The van der Waals surface area contributed by atoms with Crippen LogP contribution >= 0.6 is 0 Å². The molecule has 1 nitrogen and oxygen atoms in total. The second kappa shape index (κ2) is 7.53. The lowest BCUT2D eigenvalue weighted by Gasteiger charge is -2.25. The summed E-state index contributed by atoms with van der Waals surface area (Å²) in [6.45, 7) is 2.24. The molecule has 1 heterocycles. The van der Waals surface area contributed by atoms with Crippen LogP contribution in [0.4, 0.5) is 0 Å². The molecule has 1 aliphatic heterocycles. The van der Waals surface area contributed by atoms with E-state index in [4.69, 9.17) is 4.99 Å². The quantitative estimate of drug-likeness (QED) is 0.509. The summed E-state index contributed by atoms with van der Waals surface area (Å²) in [6.07, 6.45) is 5.58. The highest BCUT2D eigenvalue weighted by atomic mass is 14.8. The van der Waals surface area contributed by atoms with Crippen molar-refractivity contribution < 1.29 is 0 Å². The van der Waals surface area contributed by atoms with Gasteiger partial charge in [0.2, 0.25) is 0 Å². The summed E-state index contributed by atoms with van der Waals surface area (Å²) in [5.74, 6) is 0.840. The third kappa shape index (κ3) is 3.39. The molecule has 0 aliphatic carbocycles. The monoisotopic (exact) mass is 337 g/mol. The van der Waals surface area contributed by atoms with Crippen molar-refractivity contribution in [3.8, 4) is 11.1 Å². The molecule has 3 aromatic rings. The SMILES string of the molecule is CC[C@@H]1C=NC(c2cccc(-c3ccccc3)c2)=CC1c1ccccc1. The molecule has 3 aromatic carbocycles. The molecule has 1 unspecified atom stereocenters. The van der Waals surface area contributed by atoms with E-state index in [-0.39, 0.29) is 0 Å². The van der Waals surface area contributed by atoms with E-state index in [0.29, 0.717) is 11.8 Å². The third-order valence-electron chi connectivity index (χ3n) is 5.13. The van der Waals surface area contributed by atoms with Gasteiger partial charge in [-0.2, -0.15) is 0 Å². The molecule has 0 N–H and O–H groups in total. The van der Waals surface area contributed by atoms with E-state index in [1.165, 1.54) is 22.3 Å². The standard InChI is InChI=1S/C25H23N/c1-2-19-18-26-25(17-24(19)21-12-7-4-8-13-21)23-15-9-14-22(16-23)20-10-5-3-6-11-20/h3-19,24H,2H2,1H3/t19-,24?/m1/s1. The van der Waals surface area contributed by atoms with Gasteiger partial charge in [-0.25, -0.2) is 0 Å². The molecule has 0 aromatic heterocycles. The fraction of sp³-hybridized carbons (Fsp3) is 0.160. The lowest BCUT2D eigenvalue weighted by atomic mass is 9.82. The minimum Gasteiger partial charge on any atom is -0.261 e. The van der Waals surface area contributed by atoms with E-state index in [1.54, 1.807) is 0 Å². The molecule has 1 heteroatoms. The Morgan fingerprint density at radius 2 is 1.38 bits per heavy atom. The van der Waals surface area contributed by atoms with Crippen LogP contribution in [0.2, 0.25) is 0 Å². The Kier molecular flexibility index (Phi) is 4.79. The summed E-state index contributed by atoms with van der Waals surface area (Å²) in [6, 6.07) is 30.0. The van der Waals surface area contributed by atoms with Gasteiger partial charge in [-0.3, -0.25) is 4.99 Å². The van der Waals surface area contributed by atoms with Crippen LogP contribution in [0.5, 0.6) is 0 Å². The second-order valence-electron chi connectivity index (χ2n) is 6.79. The Morgan fingerprint density at radius 3 is 2.12 bits per heavy atom. The first-order chi connectivity index (χ1) is 12.8. The van der Waals surface area contributed by atoms with Crippen molar-refractivity contribution in [1.82, 2.24) is 0 Å². The molecule has 0 bridgehead atoms. The fourth-order valence-electron chi connectivity index (χ4n) is 3.64. The van der Waals surface area contributed by atoms with Gasteiger partial charge in [0, 0.05) is 23.6 Å². The first-order valence-corrected chi connectivity index (χ1v) is 9.32. The lowest BCUT2D eigenvalue weighted by molar-refractivity contribution is 0.604. The summed E-state index contributed by atoms with van der Waals surface area (Å²) in [5, 5.41) is 0. The van der Waals surface area contributed by atoms with Gasteiger partial charge < -0.3 is 0 Å². The van der Waals surface area contributed by atoms with Crippen molar-refractivity contribution in [2.75, 3.05) is 0 Å². The highest BCUT2D eigenvalue weighted by molar-refractivity contribution is 5.81. The van der Waals surface area contributed by atoms with Crippen molar-refractivity contribution in [2.45, 2.75) is 19.3 Å². The number of benzene rings is 3. The van der Waals surface area contributed by atoms with Gasteiger partial charge in [0.05, 0.1) is 5.70 Å². The molecule has 0 saturated carbocycles. The van der Waals surface area contributed by atoms with E-state index >= 15 is 0 Å². The fourth-order valence-corrected chi connectivity index (χ4v) is 3.64. The van der Waals surface area contributed by atoms with E-state index < -0.39 is 0 Å². The van der Waals surface area contributed by atoms with Gasteiger partial charge in [0.1, 0.15) is 0 Å². The zero-order valence-corrected chi connectivity index (χ0v) is 15.0. The zero-order chi connectivity index (χ0) is 17.8. The highest BCUT2D eigenvalue weighted by Crippen LogP contribution is 2.35. The van der Waals surface area contributed by atoms with Crippen LogP contribution in [0.25, 0.3) is 16.8 Å². The van der Waals surface area contributed by atoms with Gasteiger partial charge >= 0.3 is 0 Å². The van der Waals surface area contributed by atoms with Gasteiger partial charge in [0.15, 0.2) is 0 Å². The summed E-state index contributed by atoms with van der Waals surface area (Å²) in [4.78, 5) is 4.80. The van der Waals surface area contributed by atoms with Crippen molar-refractivity contribution >= 4 is 11.9 Å². The predicted molar refractivity (Wildman–Crippen MR) is 111 cm³/mol. The average molecular weight is 337 g/mol. The summed E-state index contributed by atoms with van der Waals surface area (Å²) < 4.78 is 0. The Hall–Kier alpha value is -2.93. The second-order valence-corrected chi connectivity index (χ2v) is 6.79. The van der Waals surface area contributed by atoms with Gasteiger partial charge in [-0.15, -0.1) is 0 Å². The number of hydrogen-bond donors (Lipinski definition) is 0. The molecule has 0 fully saturated rings. The third-order valence-corrected chi connectivity index (χ3v) is 5.13. The molecule has 0 radical (unpaired) electrons. The molecular formula is C25H23N. The summed E-state index contributed by atoms with van der Waals surface area (Å²) >= 11 is 0. The number of hydrogen-bond acceptors (Lipinski definition) is 1. The first kappa shape index (κ1) is 16.5. The van der Waals surface area contributed by atoms with Crippen LogP contribution in [0.15, 0.2) is 96.0 Å². The predicted octanol–water partition coefficient (Wildman–Crippen LogP) is 6.59. The molecule has 4 rings (SSSR count). The van der Waals surface area contributed by atoms with Gasteiger partial charge in [-0.05, 0) is 35.3 Å². The molecule has 26 heavy (non-hydrogen) atoms. The van der Waals surface area contributed by atoms with Crippen molar-refractivity contribution in [1.29, 1.82) is 0 Å². The number of aliphatic imine (C=N–C) groups is 1. The average Bonchev–Trinajstić information content (AvgIpc) is 2.74. The minimum atomic E-state index is 0.383. The van der Waals surface area contributed by atoms with Crippen LogP contribution in [-0.4, -0.2) is 6.21 Å². The van der Waals surface area contributed by atoms with E-state index in [1.807, 2.05) is 0 Å². The molecule has 0 saturated heterocycles. The minimum absolute atomic E-state index is 0.383. The molecule has 128 valence electrons. The van der Waals surface area contributed by atoms with Crippen LogP contribution < -0.4 is 0 Å². The molecule has 0 amide bonds. The van der Waals surface area contributed by atoms with E-state index in [9.17, 15) is 0 Å². The maximum atomic E-state index is 4.80. The van der Waals surface area contributed by atoms with Crippen LogP contribution in [0.1, 0.15) is 30.4 Å². The number of rotatable bonds is 4. The summed E-state index contributed by atoms with van der Waals surface area (Å²) in [5.41, 5.74) is 6.08. The van der Waals surface area contributed by atoms with Crippen molar-refractivity contribution in [3.05, 3.63) is 102 Å². The first-order valence-electron chi connectivity index (χ1n) is 9.32. The zero-order valence-electron chi connectivity index (χ0n) is 15.0. The topological polar surface area (TPSA) is 12.4 Å². The number of nitrogens with zero attached hydrogens (tertiary/aromatic N) is 1. The van der Waals surface area contributed by atoms with Crippen molar-refractivity contribution in [3.63, 3.8) is 0 Å². The largest absolute Gasteiger partial charge is 0.261 e.